The summed E-state index contributed by atoms with van der Waals surface area (Å²) >= 11 is 1.58. The summed E-state index contributed by atoms with van der Waals surface area (Å²) in [5.41, 5.74) is 0.939. The number of hydrogen-bond donors (Lipinski definition) is 1. The second-order valence-electron chi connectivity index (χ2n) is 4.33. The molecule has 4 nitrogen and oxygen atoms in total. The molecule has 1 N–H and O–H groups in total. The van der Waals surface area contributed by atoms with Gasteiger partial charge in [0, 0.05) is 13.1 Å². The molecule has 5 heteroatoms. The zero-order valence-corrected chi connectivity index (χ0v) is 10.8. The molecule has 1 aromatic heterocycles. The molecule has 2 heterocycles. The van der Waals surface area contributed by atoms with Crippen molar-refractivity contribution >= 4 is 16.5 Å². The molecule has 2 rings (SSSR count). The Hall–Kier alpha value is -0.650. The smallest absolute Gasteiger partial charge is 0.186 e. The Labute approximate surface area is 99.9 Å². The first-order valence-electron chi connectivity index (χ1n) is 5.57. The molecule has 90 valence electrons. The molecule has 1 saturated heterocycles. The van der Waals surface area contributed by atoms with Crippen LogP contribution in [-0.2, 0) is 11.3 Å². The van der Waals surface area contributed by atoms with Crippen molar-refractivity contribution in [3.63, 3.8) is 0 Å². The van der Waals surface area contributed by atoms with Crippen LogP contribution in [0.4, 0.5) is 5.13 Å². The van der Waals surface area contributed by atoms with Crippen LogP contribution in [0.15, 0.2) is 0 Å². The molecule has 0 aromatic carbocycles. The van der Waals surface area contributed by atoms with Crippen LogP contribution in [0.3, 0.4) is 0 Å². The minimum atomic E-state index is 0.0823. The molecule has 0 spiro atoms. The highest BCUT2D eigenvalue weighted by Crippen LogP contribution is 2.28. The largest absolute Gasteiger partial charge is 0.391 e. The number of hydrogen-bond acceptors (Lipinski definition) is 5. The van der Waals surface area contributed by atoms with Crippen molar-refractivity contribution in [3.8, 4) is 0 Å². The predicted molar refractivity (Wildman–Crippen MR) is 65.0 cm³/mol. The fraction of sp³-hybridized carbons (Fsp3) is 0.727. The van der Waals surface area contributed by atoms with Crippen molar-refractivity contribution in [2.75, 3.05) is 18.0 Å². The first kappa shape index (κ1) is 11.8. The lowest BCUT2D eigenvalue weighted by molar-refractivity contribution is -0.00523. The summed E-state index contributed by atoms with van der Waals surface area (Å²) in [5, 5.41) is 10.2. The molecule has 0 aliphatic carbocycles. The van der Waals surface area contributed by atoms with Crippen LogP contribution in [0.5, 0.6) is 0 Å². The molecule has 1 aliphatic heterocycles. The SMILES string of the molecule is Cc1nc(N2CC(C)OC(C)C2)sc1CO. The molecule has 0 bridgehead atoms. The number of aliphatic hydroxyl groups is 1. The maximum absolute atomic E-state index is 9.16. The van der Waals surface area contributed by atoms with Gasteiger partial charge in [0.2, 0.25) is 0 Å². The van der Waals surface area contributed by atoms with Gasteiger partial charge >= 0.3 is 0 Å². The Morgan fingerprint density at radius 3 is 2.56 bits per heavy atom. The summed E-state index contributed by atoms with van der Waals surface area (Å²) in [6, 6.07) is 0. The summed E-state index contributed by atoms with van der Waals surface area (Å²) in [5.74, 6) is 0. The minimum absolute atomic E-state index is 0.0823. The molecule has 2 atom stereocenters. The number of aryl methyl sites for hydroxylation is 1. The van der Waals surface area contributed by atoms with Crippen LogP contribution in [0.25, 0.3) is 0 Å². The minimum Gasteiger partial charge on any atom is -0.391 e. The lowest BCUT2D eigenvalue weighted by Crippen LogP contribution is -2.45. The van der Waals surface area contributed by atoms with E-state index in [1.807, 2.05) is 6.92 Å². The number of aliphatic hydroxyl groups excluding tert-OH is 1. The average molecular weight is 242 g/mol. The van der Waals surface area contributed by atoms with Crippen LogP contribution in [0, 0.1) is 6.92 Å². The number of rotatable bonds is 2. The maximum atomic E-state index is 9.16. The van der Waals surface area contributed by atoms with Gasteiger partial charge in [-0.15, -0.1) is 0 Å². The van der Waals surface area contributed by atoms with Crippen molar-refractivity contribution in [3.05, 3.63) is 10.6 Å². The molecule has 0 saturated carbocycles. The first-order valence-corrected chi connectivity index (χ1v) is 6.39. The van der Waals surface area contributed by atoms with Crippen LogP contribution in [-0.4, -0.2) is 35.4 Å². The average Bonchev–Trinajstić information content (AvgIpc) is 2.58. The summed E-state index contributed by atoms with van der Waals surface area (Å²) in [7, 11) is 0. The van der Waals surface area contributed by atoms with E-state index in [-0.39, 0.29) is 18.8 Å². The highest BCUT2D eigenvalue weighted by molar-refractivity contribution is 7.15. The van der Waals surface area contributed by atoms with Crippen LogP contribution in [0.1, 0.15) is 24.4 Å². The zero-order chi connectivity index (χ0) is 11.7. The molecule has 1 fully saturated rings. The molecule has 2 unspecified atom stereocenters. The van der Waals surface area contributed by atoms with Crippen molar-refractivity contribution in [1.29, 1.82) is 0 Å². The van der Waals surface area contributed by atoms with Crippen molar-refractivity contribution in [2.24, 2.45) is 0 Å². The molecular formula is C11H18N2O2S. The second-order valence-corrected chi connectivity index (χ2v) is 5.39. The van der Waals surface area contributed by atoms with Gasteiger partial charge in [0.1, 0.15) is 0 Å². The van der Waals surface area contributed by atoms with E-state index in [1.165, 1.54) is 0 Å². The van der Waals surface area contributed by atoms with E-state index in [2.05, 4.69) is 23.7 Å². The number of ether oxygens (including phenoxy) is 1. The molecule has 0 radical (unpaired) electrons. The molecule has 16 heavy (non-hydrogen) atoms. The van der Waals surface area contributed by atoms with Crippen molar-refractivity contribution in [2.45, 2.75) is 39.6 Å². The fourth-order valence-electron chi connectivity index (χ4n) is 2.03. The third-order valence-corrected chi connectivity index (χ3v) is 3.92. The Balaban J connectivity index is 2.16. The number of nitrogens with zero attached hydrogens (tertiary/aromatic N) is 2. The molecule has 1 aromatic rings. The normalized spacial score (nSPS) is 26.1. The lowest BCUT2D eigenvalue weighted by Gasteiger charge is -2.35. The topological polar surface area (TPSA) is 45.6 Å². The fourth-order valence-corrected chi connectivity index (χ4v) is 2.97. The summed E-state index contributed by atoms with van der Waals surface area (Å²) in [6.45, 7) is 7.94. The number of morpholine rings is 1. The number of thiazole rings is 1. The Kier molecular flexibility index (Phi) is 3.47. The number of anilines is 1. The maximum Gasteiger partial charge on any atom is 0.186 e. The lowest BCUT2D eigenvalue weighted by atomic mass is 10.2. The van der Waals surface area contributed by atoms with E-state index in [4.69, 9.17) is 9.84 Å². The van der Waals surface area contributed by atoms with E-state index in [1.54, 1.807) is 11.3 Å². The molecular weight excluding hydrogens is 224 g/mol. The predicted octanol–water partition coefficient (Wildman–Crippen LogP) is 1.56. The highest BCUT2D eigenvalue weighted by atomic mass is 32.1. The van der Waals surface area contributed by atoms with E-state index in [0.717, 1.165) is 28.8 Å². The van der Waals surface area contributed by atoms with Crippen LogP contribution >= 0.6 is 11.3 Å². The third-order valence-electron chi connectivity index (χ3n) is 2.72. The van der Waals surface area contributed by atoms with E-state index in [0.29, 0.717) is 0 Å². The standard InChI is InChI=1S/C11H18N2O2S/c1-7-4-13(5-8(2)15-7)11-12-9(3)10(6-14)16-11/h7-8,14H,4-6H2,1-3H3. The highest BCUT2D eigenvalue weighted by Gasteiger charge is 2.24. The van der Waals surface area contributed by atoms with Crippen LogP contribution < -0.4 is 4.90 Å². The van der Waals surface area contributed by atoms with Gasteiger partial charge in [0.05, 0.1) is 29.4 Å². The van der Waals surface area contributed by atoms with Gasteiger partial charge in [-0.1, -0.05) is 11.3 Å². The van der Waals surface area contributed by atoms with Gasteiger partial charge < -0.3 is 14.7 Å². The van der Waals surface area contributed by atoms with Crippen molar-refractivity contribution in [1.82, 2.24) is 4.98 Å². The van der Waals surface area contributed by atoms with Gasteiger partial charge in [-0.2, -0.15) is 0 Å². The number of aromatic nitrogens is 1. The third kappa shape index (κ3) is 2.36. The van der Waals surface area contributed by atoms with Gasteiger partial charge in [-0.05, 0) is 20.8 Å². The summed E-state index contributed by atoms with van der Waals surface area (Å²) in [6.07, 6.45) is 0.482. The first-order chi connectivity index (χ1) is 7.60. The van der Waals surface area contributed by atoms with Crippen molar-refractivity contribution < 1.29 is 9.84 Å². The van der Waals surface area contributed by atoms with Gasteiger partial charge in [0.25, 0.3) is 0 Å². The van der Waals surface area contributed by atoms with Crippen LogP contribution in [0.2, 0.25) is 0 Å². The monoisotopic (exact) mass is 242 g/mol. The Morgan fingerprint density at radius 2 is 2.06 bits per heavy atom. The Bertz CT molecular complexity index is 357. The van der Waals surface area contributed by atoms with Gasteiger partial charge in [-0.25, -0.2) is 4.98 Å². The Morgan fingerprint density at radius 1 is 1.44 bits per heavy atom. The zero-order valence-electron chi connectivity index (χ0n) is 9.93. The second kappa shape index (κ2) is 4.69. The summed E-state index contributed by atoms with van der Waals surface area (Å²) < 4.78 is 5.69. The quantitative estimate of drug-likeness (QED) is 0.855. The van der Waals surface area contributed by atoms with E-state index >= 15 is 0 Å². The molecule has 1 aliphatic rings. The molecule has 0 amide bonds. The summed E-state index contributed by atoms with van der Waals surface area (Å²) in [4.78, 5) is 7.71. The van der Waals surface area contributed by atoms with E-state index in [9.17, 15) is 0 Å². The van der Waals surface area contributed by atoms with Gasteiger partial charge in [-0.3, -0.25) is 0 Å². The van der Waals surface area contributed by atoms with Gasteiger partial charge in [0.15, 0.2) is 5.13 Å². The van der Waals surface area contributed by atoms with E-state index < -0.39 is 0 Å².